The average Bonchev–Trinajstić information content (AvgIpc) is 0.795. The number of para-hydroxylation sites is 2. The van der Waals surface area contributed by atoms with Crippen LogP contribution in [0.3, 0.4) is 0 Å². The van der Waals surface area contributed by atoms with Crippen LogP contribution >= 0.6 is 7.87 Å². The minimum atomic E-state index is -3.13. The Morgan fingerprint density at radius 3 is 1.00 bits per heavy atom. The van der Waals surface area contributed by atoms with Gasteiger partial charge in [-0.25, -0.2) is 20.6 Å². The molecule has 2 saturated carbocycles. The summed E-state index contributed by atoms with van der Waals surface area (Å²) in [4.78, 5) is 47.7. The first kappa shape index (κ1) is 123. The largest absolute Gasteiger partial charge is 0.507 e. The maximum Gasteiger partial charge on any atom is 0.507 e. The van der Waals surface area contributed by atoms with Crippen molar-refractivity contribution >= 4 is 96.7 Å². The molecule has 782 valence electrons. The Hall–Kier alpha value is -9.82. The Labute approximate surface area is 836 Å². The van der Waals surface area contributed by atoms with Gasteiger partial charge in [-0.15, -0.1) is 0 Å². The molecule has 2 aliphatic carbocycles. The molecule has 2 aromatic carbocycles. The Kier molecular flexibility index (Phi) is 51.3. The third kappa shape index (κ3) is 42.8. The number of hydrogen-bond donors (Lipinski definition) is 8. The van der Waals surface area contributed by atoms with Crippen molar-refractivity contribution in [2.45, 2.75) is 234 Å². The Bertz CT molecular complexity index is 4070. The van der Waals surface area contributed by atoms with Crippen LogP contribution in [0.1, 0.15) is 210 Å². The van der Waals surface area contributed by atoms with Gasteiger partial charge >= 0.3 is 37.7 Å². The van der Waals surface area contributed by atoms with Crippen molar-refractivity contribution in [2.75, 3.05) is 290 Å². The van der Waals surface area contributed by atoms with Crippen molar-refractivity contribution in [3.8, 4) is 0 Å². The molecule has 0 unspecified atom stereocenters. The van der Waals surface area contributed by atoms with Crippen LogP contribution in [0.4, 0.5) is 11.4 Å². The Morgan fingerprint density at radius 2 is 0.730 bits per heavy atom. The fraction of sp³-hybridized carbons (Fsp3) is 0.752. The molecule has 36 heteroatoms. The minimum Gasteiger partial charge on any atom is -0.346 e. The van der Waals surface area contributed by atoms with Gasteiger partial charge in [0.2, 0.25) is 23.8 Å². The van der Waals surface area contributed by atoms with Gasteiger partial charge in [-0.1, -0.05) is 158 Å². The van der Waals surface area contributed by atoms with Crippen LogP contribution in [0.2, 0.25) is 0 Å². The maximum atomic E-state index is 5.22. The summed E-state index contributed by atoms with van der Waals surface area (Å²) >= 11 is 0. The molecular weight excluding hydrogens is 1730 g/mol. The van der Waals surface area contributed by atoms with Gasteiger partial charge in [0.1, 0.15) is 0 Å². The molecule has 0 radical (unpaired) electrons. The number of anilines is 2. The molecule has 0 bridgehead atoms. The van der Waals surface area contributed by atoms with Crippen LogP contribution in [-0.2, 0) is 21.7 Å². The molecule has 8 N–H and O–H groups in total. The van der Waals surface area contributed by atoms with Gasteiger partial charge in [0.05, 0.1) is 145 Å². The molecule has 1 saturated heterocycles. The van der Waals surface area contributed by atoms with Crippen LogP contribution in [0.5, 0.6) is 0 Å². The van der Waals surface area contributed by atoms with Crippen molar-refractivity contribution in [3.05, 3.63) is 58.7 Å². The number of nitrogens with zero attached hydrogens (tertiary/aromatic N) is 27. The predicted octanol–water partition coefficient (Wildman–Crippen LogP) is 10.2. The van der Waals surface area contributed by atoms with Crippen LogP contribution in [0.25, 0.3) is 0 Å². The molecular formula is C101H204N35P+6. The average molecular weight is 1940 g/mol. The summed E-state index contributed by atoms with van der Waals surface area (Å²) in [5.74, 6) is 11.6. The zero-order valence-electron chi connectivity index (χ0n) is 96.5. The highest BCUT2D eigenvalue weighted by molar-refractivity contribution is 7.71. The van der Waals surface area contributed by atoms with E-state index in [1.165, 1.54) is 118 Å². The van der Waals surface area contributed by atoms with Gasteiger partial charge in [-0.05, 0) is 126 Å². The molecule has 0 amide bonds. The van der Waals surface area contributed by atoms with Crippen molar-refractivity contribution in [1.82, 2.24) is 100 Å². The summed E-state index contributed by atoms with van der Waals surface area (Å²) in [5.41, 5.74) is 7.09. The molecule has 137 heavy (non-hydrogen) atoms. The molecule has 0 spiro atoms. The molecule has 3 aliphatic heterocycles. The van der Waals surface area contributed by atoms with E-state index in [1.807, 2.05) is 265 Å². The van der Waals surface area contributed by atoms with Gasteiger partial charge in [0.25, 0.3) is 23.8 Å². The lowest BCUT2D eigenvalue weighted by molar-refractivity contribution is -0.539. The molecule has 2 aromatic rings. The zero-order chi connectivity index (χ0) is 105. The number of rotatable bonds is 10. The van der Waals surface area contributed by atoms with Crippen molar-refractivity contribution in [1.29, 1.82) is 0 Å². The standard InChI is InChI=1S/C34H55N5.C20H48N12P.C18H35N5.C12H27N5.C10H22N5.C7H13N3/c1-31(2,3)23-19-17-20-24(32(4,5)6)27(23)35-29(37-30(38(13)14)39(15)16)36-28-25(33(7,8)9)21-18-22-26(28)34(10,11)12;1-25(2)17(26(3)4)21-33(22-18(27(5)6)28(7)8,23-19(29(9)10)30(11)12)24-20(31(13)14)32(15)16;1-22(2)18(23(3)4)21-17(19-15-11-7-5-8-12-15)20-16-13-9-6-10-14-16;1-9(2)13-11(14-10(3)4)15-12(16(5)6)17(7)8;1-12(2)9(13(3)4)11-10-14(5)7-8-15(10)6;1-3-8-7-9-4-2-6-10(7)5-1/h17-22H,1-16H3,(H,35,36);1-16H3;15-16H,5-14H2,1-4H3,(H,19,20);9-10H,1-8H3,(H,13,14);7-8H2,1-6H3;1-6H2,(H,8,9)/q;+1;;;+1;/p+4. The molecule has 7 rings (SSSR count). The summed E-state index contributed by atoms with van der Waals surface area (Å²) < 4.78 is 31.3. The van der Waals surface area contributed by atoms with E-state index in [-0.39, 0.29) is 27.7 Å². The van der Waals surface area contributed by atoms with Crippen molar-refractivity contribution < 1.29 is 22.9 Å². The first-order chi connectivity index (χ1) is 63.2. The second kappa shape index (κ2) is 57.0. The van der Waals surface area contributed by atoms with Crippen molar-refractivity contribution in [3.63, 3.8) is 0 Å². The van der Waals surface area contributed by atoms with Crippen LogP contribution in [-0.4, -0.2) is 472 Å². The Balaban J connectivity index is 0.000000584. The van der Waals surface area contributed by atoms with Gasteiger partial charge < -0.3 is 70.3 Å². The maximum absolute atomic E-state index is 5.22. The number of benzene rings is 2. The lowest BCUT2D eigenvalue weighted by atomic mass is 9.78. The van der Waals surface area contributed by atoms with Gasteiger partial charge in [0, 0.05) is 182 Å². The highest BCUT2D eigenvalue weighted by Crippen LogP contribution is 2.66. The van der Waals surface area contributed by atoms with Crippen molar-refractivity contribution in [2.24, 2.45) is 39.0 Å². The van der Waals surface area contributed by atoms with Gasteiger partial charge in [-0.3, -0.25) is 53.1 Å². The number of aliphatic imine (C=N–C) groups is 4. The molecule has 0 aromatic heterocycles. The number of hydrogen-bond acceptors (Lipinski definition) is 8. The summed E-state index contributed by atoms with van der Waals surface area (Å²) in [6, 6.07) is 15.0. The van der Waals surface area contributed by atoms with E-state index in [2.05, 4.69) is 266 Å². The van der Waals surface area contributed by atoms with E-state index in [1.54, 1.807) is 0 Å². The predicted molar refractivity (Wildman–Crippen MR) is 596 cm³/mol. The quantitative estimate of drug-likeness (QED) is 0.0476. The number of likely N-dealkylation sites (N-methyl/N-ethyl adjacent to an activating group) is 2. The van der Waals surface area contributed by atoms with E-state index in [0.29, 0.717) is 24.1 Å². The van der Waals surface area contributed by atoms with Gasteiger partial charge in [-0.2, -0.15) is 0 Å². The fourth-order valence-electron chi connectivity index (χ4n) is 16.1. The second-order valence-electron chi connectivity index (χ2n) is 44.4. The van der Waals surface area contributed by atoms with Gasteiger partial charge in [0.15, 0.2) is 0 Å². The summed E-state index contributed by atoms with van der Waals surface area (Å²) in [6.07, 6.45) is 15.6. The summed E-state index contributed by atoms with van der Waals surface area (Å²) in [7, 11) is 64.8. The highest BCUT2D eigenvalue weighted by Gasteiger charge is 2.48. The smallest absolute Gasteiger partial charge is 0.346 e. The highest BCUT2D eigenvalue weighted by atomic mass is 31.2. The summed E-state index contributed by atoms with van der Waals surface area (Å²) in [6.45, 7) is 42.4. The van der Waals surface area contributed by atoms with Crippen LogP contribution in [0.15, 0.2) is 75.4 Å². The Morgan fingerprint density at radius 1 is 0.409 bits per heavy atom. The minimum absolute atomic E-state index is 0.0514. The third-order valence-electron chi connectivity index (χ3n) is 22.3. The van der Waals surface area contributed by atoms with Crippen LogP contribution < -0.4 is 42.5 Å². The number of guanidine groups is 13. The molecule has 35 nitrogen and oxygen atoms in total. The monoisotopic (exact) mass is 1940 g/mol. The molecule has 3 heterocycles. The molecule has 5 aliphatic rings. The van der Waals surface area contributed by atoms with E-state index >= 15 is 0 Å². The molecule has 0 atom stereocenters. The number of nitrogens with one attached hydrogen (secondary N) is 8. The SMILES string of the molecule is C1CNC2=[N+](C1)CCCN2.CC(C)N=C(NC(N(C)C)=[N+](C)C)NC(C)C.CN(C)C(=N[P+](N=C(N(C)C)N(C)C)(N=C(N(C)C)N(C)C)N=C(N(C)C)N(C)C)N(C)C.CN(C)C(N=C(Nc1c(C(C)(C)C)cccc1C(C)(C)C)Nc1c(C(C)(C)C)cccc1C(C)(C)C)=[N+](C)C.CN(C)C(N=C1N(C)CCN1C)=[N+](C)C.CN(C)C(NC(=NC1CCCCC1)NC1CCCCC1)=[N+](C)C. The first-order valence-electron chi connectivity index (χ1n) is 49.5. The second-order valence-corrected chi connectivity index (χ2v) is 46.3. The van der Waals surface area contributed by atoms with Crippen LogP contribution in [0, 0.1) is 0 Å². The third-order valence-corrected chi connectivity index (χ3v) is 24.1. The summed E-state index contributed by atoms with van der Waals surface area (Å²) in [5, 5.41) is 28.3. The topological polar surface area (TPSA) is 256 Å². The first-order valence-corrected chi connectivity index (χ1v) is 51.1. The lowest BCUT2D eigenvalue weighted by Gasteiger charge is -2.32. The van der Waals surface area contributed by atoms with E-state index < -0.39 is 7.87 Å². The van der Waals surface area contributed by atoms with E-state index in [4.69, 9.17) is 29.0 Å². The van der Waals surface area contributed by atoms with E-state index in [0.717, 1.165) is 103 Å². The lowest BCUT2D eigenvalue weighted by Crippen LogP contribution is -2.52. The normalized spacial score (nSPS) is 14.6. The zero-order valence-corrected chi connectivity index (χ0v) is 97.4. The van der Waals surface area contributed by atoms with E-state index in [9.17, 15) is 0 Å². The molecule has 3 fully saturated rings. The fourth-order valence-corrected chi connectivity index (χ4v) is 18.7.